The third-order valence-electron chi connectivity index (χ3n) is 2.93. The van der Waals surface area contributed by atoms with Gasteiger partial charge in [0.05, 0.1) is 22.9 Å². The fourth-order valence-corrected chi connectivity index (χ4v) is 2.73. The van der Waals surface area contributed by atoms with Crippen molar-refractivity contribution in [2.24, 2.45) is 0 Å². The van der Waals surface area contributed by atoms with Gasteiger partial charge in [-0.05, 0) is 18.6 Å². The van der Waals surface area contributed by atoms with Gasteiger partial charge in [-0.25, -0.2) is 14.6 Å². The number of nitrogens with one attached hydrogen (secondary N) is 1. The number of hydrogen-bond donors (Lipinski definition) is 1. The molecule has 0 radical (unpaired) electrons. The Bertz CT molecular complexity index is 674. The van der Waals surface area contributed by atoms with Crippen LogP contribution in [0.15, 0.2) is 43.1 Å². The van der Waals surface area contributed by atoms with Crippen molar-refractivity contribution in [2.75, 3.05) is 5.32 Å². The molecule has 1 aromatic carbocycles. The molecule has 0 aliphatic rings. The predicted octanol–water partition coefficient (Wildman–Crippen LogP) is 2.90. The van der Waals surface area contributed by atoms with E-state index in [1.165, 1.54) is 16.2 Å². The molecule has 0 spiro atoms. The summed E-state index contributed by atoms with van der Waals surface area (Å²) in [6.45, 7) is 2.89. The molecule has 2 aromatic heterocycles. The van der Waals surface area contributed by atoms with Crippen LogP contribution in [-0.2, 0) is 13.0 Å². The minimum Gasteiger partial charge on any atom is -0.378 e. The van der Waals surface area contributed by atoms with Gasteiger partial charge >= 0.3 is 0 Å². The molecule has 20 heavy (non-hydrogen) atoms. The fourth-order valence-electron chi connectivity index (χ4n) is 1.93. The maximum atomic E-state index is 4.37. The SMILES string of the molecule is CCc1ncc(CNc2ccccc2-n2cncn2)s1. The molecule has 0 atom stereocenters. The van der Waals surface area contributed by atoms with E-state index in [1.54, 1.807) is 22.3 Å². The second-order valence-corrected chi connectivity index (χ2v) is 5.48. The molecule has 0 unspecified atom stereocenters. The van der Waals surface area contributed by atoms with E-state index in [2.05, 4.69) is 27.3 Å². The molecule has 1 N–H and O–H groups in total. The van der Waals surface area contributed by atoms with Crippen LogP contribution in [0.25, 0.3) is 5.69 Å². The van der Waals surface area contributed by atoms with E-state index >= 15 is 0 Å². The van der Waals surface area contributed by atoms with Crippen molar-refractivity contribution in [3.63, 3.8) is 0 Å². The van der Waals surface area contributed by atoms with Crippen LogP contribution in [0.2, 0.25) is 0 Å². The molecule has 6 heteroatoms. The molecule has 3 aromatic rings. The van der Waals surface area contributed by atoms with E-state index in [1.807, 2.05) is 30.5 Å². The minimum absolute atomic E-state index is 0.767. The molecule has 0 saturated carbocycles. The van der Waals surface area contributed by atoms with Crippen molar-refractivity contribution in [3.05, 3.63) is 53.0 Å². The first-order valence-electron chi connectivity index (χ1n) is 6.48. The van der Waals surface area contributed by atoms with Gasteiger partial charge in [-0.1, -0.05) is 19.1 Å². The zero-order valence-electron chi connectivity index (χ0n) is 11.2. The van der Waals surface area contributed by atoms with E-state index in [0.717, 1.165) is 24.3 Å². The van der Waals surface area contributed by atoms with Crippen molar-refractivity contribution in [3.8, 4) is 5.69 Å². The first-order valence-corrected chi connectivity index (χ1v) is 7.30. The van der Waals surface area contributed by atoms with Crippen LogP contribution >= 0.6 is 11.3 Å². The Morgan fingerprint density at radius 2 is 2.20 bits per heavy atom. The van der Waals surface area contributed by atoms with Gasteiger partial charge in [0.2, 0.25) is 0 Å². The van der Waals surface area contributed by atoms with Crippen LogP contribution in [0, 0.1) is 0 Å². The normalized spacial score (nSPS) is 10.7. The summed E-state index contributed by atoms with van der Waals surface area (Å²) in [5.74, 6) is 0. The Kier molecular flexibility index (Phi) is 3.73. The van der Waals surface area contributed by atoms with Crippen molar-refractivity contribution in [1.82, 2.24) is 19.7 Å². The van der Waals surface area contributed by atoms with E-state index in [0.29, 0.717) is 0 Å². The van der Waals surface area contributed by atoms with Gasteiger partial charge in [0.1, 0.15) is 12.7 Å². The first-order chi connectivity index (χ1) is 9.86. The summed E-state index contributed by atoms with van der Waals surface area (Å²) in [4.78, 5) is 9.59. The Balaban J connectivity index is 1.77. The number of anilines is 1. The summed E-state index contributed by atoms with van der Waals surface area (Å²) in [6.07, 6.45) is 6.16. The van der Waals surface area contributed by atoms with Gasteiger partial charge in [0.15, 0.2) is 0 Å². The summed E-state index contributed by atoms with van der Waals surface area (Å²) in [7, 11) is 0. The number of rotatable bonds is 5. The number of benzene rings is 1. The van der Waals surface area contributed by atoms with Crippen molar-refractivity contribution >= 4 is 17.0 Å². The first kappa shape index (κ1) is 12.8. The maximum Gasteiger partial charge on any atom is 0.138 e. The average Bonchev–Trinajstić information content (AvgIpc) is 3.17. The highest BCUT2D eigenvalue weighted by Crippen LogP contribution is 2.21. The van der Waals surface area contributed by atoms with E-state index in [9.17, 15) is 0 Å². The number of aryl methyl sites for hydroxylation is 1. The van der Waals surface area contributed by atoms with Gasteiger partial charge in [0.25, 0.3) is 0 Å². The highest BCUT2D eigenvalue weighted by Gasteiger charge is 2.05. The lowest BCUT2D eigenvalue weighted by Crippen LogP contribution is -2.03. The highest BCUT2D eigenvalue weighted by atomic mass is 32.1. The zero-order chi connectivity index (χ0) is 13.8. The van der Waals surface area contributed by atoms with Gasteiger partial charge in [0, 0.05) is 11.1 Å². The molecule has 0 saturated heterocycles. The van der Waals surface area contributed by atoms with E-state index in [4.69, 9.17) is 0 Å². The van der Waals surface area contributed by atoms with Crippen molar-refractivity contribution in [2.45, 2.75) is 19.9 Å². The standard InChI is InChI=1S/C14H15N5S/c1-2-14-17-8-11(20-14)7-16-12-5-3-4-6-13(12)19-10-15-9-18-19/h3-6,8-10,16H,2,7H2,1H3. The summed E-state index contributed by atoms with van der Waals surface area (Å²) < 4.78 is 1.76. The average molecular weight is 285 g/mol. The van der Waals surface area contributed by atoms with Crippen LogP contribution < -0.4 is 5.32 Å². The minimum atomic E-state index is 0.767. The van der Waals surface area contributed by atoms with Crippen LogP contribution in [0.3, 0.4) is 0 Å². The smallest absolute Gasteiger partial charge is 0.138 e. The summed E-state index contributed by atoms with van der Waals surface area (Å²) >= 11 is 1.75. The quantitative estimate of drug-likeness (QED) is 0.783. The Morgan fingerprint density at radius 3 is 2.95 bits per heavy atom. The number of thiazole rings is 1. The summed E-state index contributed by atoms with van der Waals surface area (Å²) in [5.41, 5.74) is 2.02. The van der Waals surface area contributed by atoms with Gasteiger partial charge in [-0.3, -0.25) is 0 Å². The topological polar surface area (TPSA) is 55.6 Å². The molecule has 0 fully saturated rings. The number of nitrogens with zero attached hydrogens (tertiary/aromatic N) is 4. The number of aromatic nitrogens is 4. The van der Waals surface area contributed by atoms with Gasteiger partial charge < -0.3 is 5.32 Å². The Labute approximate surface area is 121 Å². The molecule has 2 heterocycles. The molecule has 102 valence electrons. The highest BCUT2D eigenvalue weighted by molar-refractivity contribution is 7.11. The third-order valence-corrected chi connectivity index (χ3v) is 4.07. The van der Waals surface area contributed by atoms with Crippen LogP contribution in [0.5, 0.6) is 0 Å². The molecule has 0 amide bonds. The molecular formula is C14H15N5S. The van der Waals surface area contributed by atoms with Gasteiger partial charge in [-0.15, -0.1) is 11.3 Å². The summed E-state index contributed by atoms with van der Waals surface area (Å²) in [6, 6.07) is 8.05. The molecule has 0 aliphatic carbocycles. The van der Waals surface area contributed by atoms with Crippen molar-refractivity contribution < 1.29 is 0 Å². The van der Waals surface area contributed by atoms with Gasteiger partial charge in [-0.2, -0.15) is 5.10 Å². The molecular weight excluding hydrogens is 270 g/mol. The van der Waals surface area contributed by atoms with Crippen LogP contribution in [0.1, 0.15) is 16.8 Å². The van der Waals surface area contributed by atoms with E-state index < -0.39 is 0 Å². The molecule has 0 aliphatic heterocycles. The molecule has 5 nitrogen and oxygen atoms in total. The lowest BCUT2D eigenvalue weighted by molar-refractivity contribution is 0.878. The molecule has 0 bridgehead atoms. The predicted molar refractivity (Wildman–Crippen MR) is 80.2 cm³/mol. The third kappa shape index (κ3) is 2.70. The second-order valence-electron chi connectivity index (χ2n) is 4.28. The Hall–Kier alpha value is -2.21. The number of para-hydroxylation sites is 2. The molecule has 3 rings (SSSR count). The maximum absolute atomic E-state index is 4.37. The van der Waals surface area contributed by atoms with Crippen LogP contribution in [0.4, 0.5) is 5.69 Å². The monoisotopic (exact) mass is 285 g/mol. The zero-order valence-corrected chi connectivity index (χ0v) is 12.0. The van der Waals surface area contributed by atoms with Crippen LogP contribution in [-0.4, -0.2) is 19.7 Å². The second kappa shape index (κ2) is 5.83. The lowest BCUT2D eigenvalue weighted by atomic mass is 10.2. The van der Waals surface area contributed by atoms with Crippen molar-refractivity contribution in [1.29, 1.82) is 0 Å². The fraction of sp³-hybridized carbons (Fsp3) is 0.214. The number of hydrogen-bond acceptors (Lipinski definition) is 5. The lowest BCUT2D eigenvalue weighted by Gasteiger charge is -2.10. The largest absolute Gasteiger partial charge is 0.378 e. The van der Waals surface area contributed by atoms with E-state index in [-0.39, 0.29) is 0 Å². The summed E-state index contributed by atoms with van der Waals surface area (Å²) in [5, 5.41) is 8.78. The Morgan fingerprint density at radius 1 is 1.30 bits per heavy atom.